The van der Waals surface area contributed by atoms with Gasteiger partial charge in [-0.3, -0.25) is 9.78 Å². The van der Waals surface area contributed by atoms with Gasteiger partial charge in [-0.1, -0.05) is 36.4 Å². The number of ether oxygens (including phenoxy) is 2. The van der Waals surface area contributed by atoms with E-state index in [4.69, 9.17) is 9.47 Å². The van der Waals surface area contributed by atoms with Crippen molar-refractivity contribution in [3.8, 4) is 0 Å². The van der Waals surface area contributed by atoms with Gasteiger partial charge in [0.1, 0.15) is 6.61 Å². The summed E-state index contributed by atoms with van der Waals surface area (Å²) in [5.41, 5.74) is 2.82. The molecule has 0 radical (unpaired) electrons. The van der Waals surface area contributed by atoms with Gasteiger partial charge in [0.05, 0.1) is 18.2 Å². The number of hydrogen-bond acceptors (Lipinski definition) is 6. The molecule has 0 aliphatic rings. The number of rotatable bonds is 11. The monoisotopic (exact) mass is 394 g/mol. The third kappa shape index (κ3) is 7.18. The van der Waals surface area contributed by atoms with Crippen LogP contribution < -0.4 is 5.32 Å². The number of carbonyl (C=O) groups is 1. The lowest BCUT2D eigenvalue weighted by atomic mass is 10.2. The summed E-state index contributed by atoms with van der Waals surface area (Å²) in [5, 5.41) is 14.3. The fraction of sp³-hybridized carbons (Fsp3) is 0.304. The van der Waals surface area contributed by atoms with Gasteiger partial charge in [0.15, 0.2) is 0 Å². The zero-order chi connectivity index (χ0) is 20.3. The Kier molecular flexibility index (Phi) is 7.98. The summed E-state index contributed by atoms with van der Waals surface area (Å²) in [6.07, 6.45) is 1.99. The molecule has 1 heterocycles. The van der Waals surface area contributed by atoms with Crippen molar-refractivity contribution in [2.75, 3.05) is 25.1 Å². The average molecular weight is 394 g/mol. The second-order valence-electron chi connectivity index (χ2n) is 6.77. The highest BCUT2D eigenvalue weighted by molar-refractivity contribution is 5.82. The number of aliphatic hydroxyl groups is 1. The third-order valence-electron chi connectivity index (χ3n) is 4.37. The minimum atomic E-state index is -0.635. The Hall–Kier alpha value is -2.96. The van der Waals surface area contributed by atoms with Gasteiger partial charge in [-0.15, -0.1) is 0 Å². The van der Waals surface area contributed by atoms with Gasteiger partial charge in [-0.05, 0) is 36.2 Å². The predicted octanol–water partition coefficient (Wildman–Crippen LogP) is 3.55. The van der Waals surface area contributed by atoms with Gasteiger partial charge in [-0.2, -0.15) is 0 Å². The molecular weight excluding hydrogens is 368 g/mol. The predicted molar refractivity (Wildman–Crippen MR) is 113 cm³/mol. The van der Waals surface area contributed by atoms with E-state index in [9.17, 15) is 9.90 Å². The maximum Gasteiger partial charge on any atom is 0.306 e. The molecule has 1 atom stereocenters. The highest BCUT2D eigenvalue weighted by atomic mass is 16.5. The fourth-order valence-electron chi connectivity index (χ4n) is 2.83. The summed E-state index contributed by atoms with van der Waals surface area (Å²) in [6.45, 7) is 1.28. The van der Waals surface area contributed by atoms with Crippen molar-refractivity contribution in [2.45, 2.75) is 25.6 Å². The molecule has 6 heteroatoms. The van der Waals surface area contributed by atoms with Crippen molar-refractivity contribution in [3.63, 3.8) is 0 Å². The number of carbonyl (C=O) groups excluding carboxylic acids is 1. The standard InChI is InChI=1S/C23H26N2O4/c26-21(15-25-20-10-11-22-19(14-20)8-4-12-24-22)17-28-13-5-9-23(27)29-16-18-6-2-1-3-7-18/h1-4,6-8,10-12,14,21,25-26H,5,9,13,15-17H2. The largest absolute Gasteiger partial charge is 0.461 e. The van der Waals surface area contributed by atoms with Crippen LogP contribution in [0.5, 0.6) is 0 Å². The van der Waals surface area contributed by atoms with Gasteiger partial charge >= 0.3 is 5.97 Å². The number of aliphatic hydroxyl groups excluding tert-OH is 1. The third-order valence-corrected chi connectivity index (χ3v) is 4.37. The van der Waals surface area contributed by atoms with Crippen LogP contribution in [0, 0.1) is 0 Å². The van der Waals surface area contributed by atoms with Gasteiger partial charge in [0.25, 0.3) is 0 Å². The molecule has 3 rings (SSSR count). The van der Waals surface area contributed by atoms with Crippen LogP contribution in [0.15, 0.2) is 66.9 Å². The van der Waals surface area contributed by atoms with Gasteiger partial charge in [0.2, 0.25) is 0 Å². The molecule has 3 aromatic rings. The lowest BCUT2D eigenvalue weighted by Gasteiger charge is -2.13. The highest BCUT2D eigenvalue weighted by Gasteiger charge is 2.07. The maximum absolute atomic E-state index is 11.7. The van der Waals surface area contributed by atoms with E-state index in [0.717, 1.165) is 22.2 Å². The molecule has 0 aliphatic heterocycles. The number of fused-ring (bicyclic) bond motifs is 1. The normalized spacial score (nSPS) is 11.9. The van der Waals surface area contributed by atoms with Crippen molar-refractivity contribution >= 4 is 22.6 Å². The van der Waals surface area contributed by atoms with Crippen molar-refractivity contribution in [1.29, 1.82) is 0 Å². The van der Waals surface area contributed by atoms with E-state index in [-0.39, 0.29) is 19.2 Å². The number of esters is 1. The molecule has 0 saturated heterocycles. The Balaban J connectivity index is 1.26. The van der Waals surface area contributed by atoms with Gasteiger partial charge < -0.3 is 19.9 Å². The van der Waals surface area contributed by atoms with Crippen molar-refractivity contribution in [2.24, 2.45) is 0 Å². The SMILES string of the molecule is O=C(CCCOCC(O)CNc1ccc2ncccc2c1)OCc1ccccc1. The van der Waals surface area contributed by atoms with Crippen LogP contribution in [-0.2, 0) is 20.9 Å². The number of nitrogens with one attached hydrogen (secondary N) is 1. The summed E-state index contributed by atoms with van der Waals surface area (Å²) < 4.78 is 10.7. The van der Waals surface area contributed by atoms with Crippen LogP contribution in [0.2, 0.25) is 0 Å². The van der Waals surface area contributed by atoms with Gasteiger partial charge in [-0.25, -0.2) is 0 Å². The minimum Gasteiger partial charge on any atom is -0.461 e. The number of pyridine rings is 1. The smallest absolute Gasteiger partial charge is 0.306 e. The number of aromatic nitrogens is 1. The van der Waals surface area contributed by atoms with E-state index in [0.29, 0.717) is 26.0 Å². The molecule has 0 saturated carbocycles. The molecule has 0 fully saturated rings. The van der Waals surface area contributed by atoms with Crippen LogP contribution in [0.25, 0.3) is 10.9 Å². The van der Waals surface area contributed by atoms with Crippen LogP contribution >= 0.6 is 0 Å². The van der Waals surface area contributed by atoms with E-state index in [2.05, 4.69) is 10.3 Å². The molecular formula is C23H26N2O4. The molecule has 0 aliphatic carbocycles. The number of anilines is 1. The molecule has 1 aromatic heterocycles. The summed E-state index contributed by atoms with van der Waals surface area (Å²) in [5.74, 6) is -0.245. The first-order valence-electron chi connectivity index (χ1n) is 9.75. The quantitative estimate of drug-likeness (QED) is 0.382. The van der Waals surface area contributed by atoms with E-state index in [1.54, 1.807) is 6.20 Å². The maximum atomic E-state index is 11.7. The van der Waals surface area contributed by atoms with Crippen LogP contribution in [0.3, 0.4) is 0 Å². The highest BCUT2D eigenvalue weighted by Crippen LogP contribution is 2.16. The number of benzene rings is 2. The first-order valence-corrected chi connectivity index (χ1v) is 9.75. The molecule has 0 amide bonds. The summed E-state index contributed by atoms with van der Waals surface area (Å²) in [7, 11) is 0. The molecule has 0 bridgehead atoms. The Labute approximate surface area is 170 Å². The fourth-order valence-corrected chi connectivity index (χ4v) is 2.83. The Bertz CT molecular complexity index is 902. The zero-order valence-electron chi connectivity index (χ0n) is 16.3. The van der Waals surface area contributed by atoms with E-state index < -0.39 is 6.10 Å². The van der Waals surface area contributed by atoms with Crippen molar-refractivity contribution in [3.05, 3.63) is 72.4 Å². The number of hydrogen-bond donors (Lipinski definition) is 2. The minimum absolute atomic E-state index is 0.210. The Morgan fingerprint density at radius 1 is 1.10 bits per heavy atom. The summed E-state index contributed by atoms with van der Waals surface area (Å²) in [6, 6.07) is 19.3. The average Bonchev–Trinajstić information content (AvgIpc) is 2.76. The molecule has 2 N–H and O–H groups in total. The molecule has 6 nitrogen and oxygen atoms in total. The topological polar surface area (TPSA) is 80.7 Å². The van der Waals surface area contributed by atoms with Crippen LogP contribution in [-0.4, -0.2) is 41.9 Å². The van der Waals surface area contributed by atoms with E-state index >= 15 is 0 Å². The number of nitrogens with zero attached hydrogens (tertiary/aromatic N) is 1. The van der Waals surface area contributed by atoms with Crippen molar-refractivity contribution in [1.82, 2.24) is 4.98 Å². The summed E-state index contributed by atoms with van der Waals surface area (Å²) in [4.78, 5) is 16.0. The van der Waals surface area contributed by atoms with Gasteiger partial charge in [0, 0.05) is 36.8 Å². The lowest BCUT2D eigenvalue weighted by molar-refractivity contribution is -0.145. The van der Waals surface area contributed by atoms with Crippen LogP contribution in [0.4, 0.5) is 5.69 Å². The molecule has 2 aromatic carbocycles. The van der Waals surface area contributed by atoms with Crippen molar-refractivity contribution < 1.29 is 19.4 Å². The first-order chi connectivity index (χ1) is 14.2. The molecule has 152 valence electrons. The van der Waals surface area contributed by atoms with E-state index in [1.807, 2.05) is 60.7 Å². The second kappa shape index (κ2) is 11.1. The Morgan fingerprint density at radius 3 is 2.83 bits per heavy atom. The molecule has 0 spiro atoms. The zero-order valence-corrected chi connectivity index (χ0v) is 16.3. The lowest BCUT2D eigenvalue weighted by Crippen LogP contribution is -2.25. The Morgan fingerprint density at radius 2 is 1.97 bits per heavy atom. The van der Waals surface area contributed by atoms with Crippen LogP contribution in [0.1, 0.15) is 18.4 Å². The first kappa shape index (κ1) is 20.8. The summed E-state index contributed by atoms with van der Waals surface area (Å²) >= 11 is 0. The molecule has 1 unspecified atom stereocenters. The molecule has 29 heavy (non-hydrogen) atoms. The second-order valence-corrected chi connectivity index (χ2v) is 6.77. The van der Waals surface area contributed by atoms with E-state index in [1.165, 1.54) is 0 Å².